The highest BCUT2D eigenvalue weighted by Crippen LogP contribution is 2.34. The maximum Gasteiger partial charge on any atom is 0.147 e. The molecule has 0 radical (unpaired) electrons. The molecule has 2 aromatic heterocycles. The van der Waals surface area contributed by atoms with Crippen molar-refractivity contribution in [3.8, 4) is 0 Å². The van der Waals surface area contributed by atoms with Crippen molar-refractivity contribution < 1.29 is 4.74 Å². The van der Waals surface area contributed by atoms with E-state index in [-0.39, 0.29) is 5.41 Å². The summed E-state index contributed by atoms with van der Waals surface area (Å²) < 4.78 is 5.99. The van der Waals surface area contributed by atoms with Crippen LogP contribution in [0.3, 0.4) is 0 Å². The minimum absolute atomic E-state index is 0.170. The maximum atomic E-state index is 5.99. The van der Waals surface area contributed by atoms with Gasteiger partial charge in [-0.15, -0.1) is 11.3 Å². The van der Waals surface area contributed by atoms with Gasteiger partial charge in [0, 0.05) is 49.0 Å². The standard InChI is InChI=1S/C17H23N5OS/c1-2-17(12-21(6-1)11-16-20-5-9-24-16)13-22(7-8-23-14-17)15-10-18-3-4-19-15/h3-5,9-10H,1-2,6-8,11-14H2. The van der Waals surface area contributed by atoms with E-state index in [1.807, 2.05) is 12.4 Å². The monoisotopic (exact) mass is 345 g/mol. The van der Waals surface area contributed by atoms with Crippen LogP contribution in [-0.2, 0) is 11.3 Å². The Bertz CT molecular complexity index is 638. The van der Waals surface area contributed by atoms with Crippen molar-refractivity contribution >= 4 is 17.2 Å². The Morgan fingerprint density at radius 3 is 3.00 bits per heavy atom. The van der Waals surface area contributed by atoms with Crippen LogP contribution in [0.15, 0.2) is 30.2 Å². The number of anilines is 1. The van der Waals surface area contributed by atoms with Crippen LogP contribution in [0, 0.1) is 5.41 Å². The molecular weight excluding hydrogens is 322 g/mol. The van der Waals surface area contributed by atoms with Crippen molar-refractivity contribution in [2.24, 2.45) is 5.41 Å². The molecule has 128 valence electrons. The zero-order valence-corrected chi connectivity index (χ0v) is 14.6. The lowest BCUT2D eigenvalue weighted by Gasteiger charge is -2.43. The molecule has 6 nitrogen and oxygen atoms in total. The van der Waals surface area contributed by atoms with E-state index in [9.17, 15) is 0 Å². The van der Waals surface area contributed by atoms with E-state index >= 15 is 0 Å². The first-order valence-electron chi connectivity index (χ1n) is 8.53. The van der Waals surface area contributed by atoms with Gasteiger partial charge < -0.3 is 9.64 Å². The van der Waals surface area contributed by atoms with Crippen LogP contribution in [0.1, 0.15) is 17.8 Å². The van der Waals surface area contributed by atoms with E-state index in [0.29, 0.717) is 0 Å². The predicted molar refractivity (Wildman–Crippen MR) is 94.1 cm³/mol. The molecule has 2 aromatic rings. The average molecular weight is 345 g/mol. The molecular formula is C17H23N5OS. The highest BCUT2D eigenvalue weighted by Gasteiger charge is 2.39. The Kier molecular flexibility index (Phi) is 4.73. The van der Waals surface area contributed by atoms with E-state index < -0.39 is 0 Å². The minimum atomic E-state index is 0.170. The maximum absolute atomic E-state index is 5.99. The number of likely N-dealkylation sites (tertiary alicyclic amines) is 1. The molecule has 2 saturated heterocycles. The van der Waals surface area contributed by atoms with Gasteiger partial charge in [0.2, 0.25) is 0 Å². The Morgan fingerprint density at radius 2 is 2.17 bits per heavy atom. The summed E-state index contributed by atoms with van der Waals surface area (Å²) in [6.45, 7) is 6.61. The van der Waals surface area contributed by atoms with Gasteiger partial charge in [0.05, 0.1) is 26.0 Å². The van der Waals surface area contributed by atoms with Crippen LogP contribution < -0.4 is 4.90 Å². The van der Waals surface area contributed by atoms with Gasteiger partial charge in [0.1, 0.15) is 10.8 Å². The van der Waals surface area contributed by atoms with Crippen molar-refractivity contribution in [2.75, 3.05) is 44.3 Å². The molecule has 1 atom stereocenters. The lowest BCUT2D eigenvalue weighted by molar-refractivity contribution is 0.0106. The number of ether oxygens (including phenoxy) is 1. The van der Waals surface area contributed by atoms with Crippen LogP contribution in [0.4, 0.5) is 5.82 Å². The van der Waals surface area contributed by atoms with Gasteiger partial charge in [-0.05, 0) is 19.4 Å². The van der Waals surface area contributed by atoms with Gasteiger partial charge in [-0.25, -0.2) is 9.97 Å². The molecule has 0 aromatic carbocycles. The fraction of sp³-hybridized carbons (Fsp3) is 0.588. The minimum Gasteiger partial charge on any atom is -0.379 e. The normalized spacial score (nSPS) is 25.8. The molecule has 1 spiro atoms. The molecule has 2 fully saturated rings. The first-order valence-corrected chi connectivity index (χ1v) is 9.40. The van der Waals surface area contributed by atoms with Crippen LogP contribution in [0.25, 0.3) is 0 Å². The molecule has 4 heterocycles. The van der Waals surface area contributed by atoms with Gasteiger partial charge in [-0.1, -0.05) is 0 Å². The van der Waals surface area contributed by atoms with Crippen LogP contribution in [0.5, 0.6) is 0 Å². The number of piperidine rings is 1. The summed E-state index contributed by atoms with van der Waals surface area (Å²) in [6.07, 6.45) is 9.66. The zero-order valence-electron chi connectivity index (χ0n) is 13.8. The van der Waals surface area contributed by atoms with Crippen molar-refractivity contribution in [1.29, 1.82) is 0 Å². The molecule has 7 heteroatoms. The second kappa shape index (κ2) is 7.13. The largest absolute Gasteiger partial charge is 0.379 e. The van der Waals surface area contributed by atoms with E-state index in [4.69, 9.17) is 4.74 Å². The fourth-order valence-electron chi connectivity index (χ4n) is 3.86. The molecule has 4 rings (SSSR count). The molecule has 2 aliphatic heterocycles. The number of aromatic nitrogens is 3. The summed E-state index contributed by atoms with van der Waals surface area (Å²) in [4.78, 5) is 18.0. The van der Waals surface area contributed by atoms with Crippen molar-refractivity contribution in [1.82, 2.24) is 19.9 Å². The van der Waals surface area contributed by atoms with Crippen molar-refractivity contribution in [3.05, 3.63) is 35.2 Å². The smallest absolute Gasteiger partial charge is 0.147 e. The third-order valence-corrected chi connectivity index (χ3v) is 5.66. The van der Waals surface area contributed by atoms with Crippen LogP contribution >= 0.6 is 11.3 Å². The van der Waals surface area contributed by atoms with Crippen LogP contribution in [-0.4, -0.2) is 59.2 Å². The first kappa shape index (κ1) is 15.9. The Morgan fingerprint density at radius 1 is 1.17 bits per heavy atom. The molecule has 1 unspecified atom stereocenters. The quantitative estimate of drug-likeness (QED) is 0.849. The molecule has 0 saturated carbocycles. The van der Waals surface area contributed by atoms with Gasteiger partial charge in [0.25, 0.3) is 0 Å². The second-order valence-electron chi connectivity index (χ2n) is 6.78. The lowest BCUT2D eigenvalue weighted by Crippen LogP contribution is -2.50. The van der Waals surface area contributed by atoms with Crippen molar-refractivity contribution in [2.45, 2.75) is 19.4 Å². The number of nitrogens with zero attached hydrogens (tertiary/aromatic N) is 5. The Balaban J connectivity index is 1.49. The predicted octanol–water partition coefficient (Wildman–Crippen LogP) is 2.05. The van der Waals surface area contributed by atoms with Gasteiger partial charge >= 0.3 is 0 Å². The Labute approximate surface area is 146 Å². The lowest BCUT2D eigenvalue weighted by atomic mass is 9.80. The summed E-state index contributed by atoms with van der Waals surface area (Å²) in [5.74, 6) is 0.958. The van der Waals surface area contributed by atoms with E-state index in [1.165, 1.54) is 17.8 Å². The average Bonchev–Trinajstić information content (AvgIpc) is 3.03. The molecule has 0 N–H and O–H groups in total. The molecule has 2 aliphatic rings. The summed E-state index contributed by atoms with van der Waals surface area (Å²) in [6, 6.07) is 0. The Hall–Kier alpha value is -1.57. The number of hydrogen-bond acceptors (Lipinski definition) is 7. The highest BCUT2D eigenvalue weighted by molar-refractivity contribution is 7.09. The summed E-state index contributed by atoms with van der Waals surface area (Å²) >= 11 is 1.74. The highest BCUT2D eigenvalue weighted by atomic mass is 32.1. The summed E-state index contributed by atoms with van der Waals surface area (Å²) in [5, 5.41) is 3.26. The molecule has 0 aliphatic carbocycles. The SMILES string of the molecule is c1cnc(N2CCOCC3(CCCN(Cc4nccs4)C3)C2)cn1. The van der Waals surface area contributed by atoms with E-state index in [1.54, 1.807) is 23.7 Å². The third-order valence-electron chi connectivity index (χ3n) is 4.90. The van der Waals surface area contributed by atoms with E-state index in [0.717, 1.165) is 51.8 Å². The van der Waals surface area contributed by atoms with Gasteiger partial charge in [0.15, 0.2) is 0 Å². The van der Waals surface area contributed by atoms with Gasteiger partial charge in [-0.2, -0.15) is 0 Å². The van der Waals surface area contributed by atoms with Crippen LogP contribution in [0.2, 0.25) is 0 Å². The second-order valence-corrected chi connectivity index (χ2v) is 7.76. The number of rotatable bonds is 3. The third kappa shape index (κ3) is 3.58. The molecule has 24 heavy (non-hydrogen) atoms. The molecule has 0 amide bonds. The first-order chi connectivity index (χ1) is 11.8. The van der Waals surface area contributed by atoms with Crippen molar-refractivity contribution in [3.63, 3.8) is 0 Å². The number of thiazole rings is 1. The summed E-state index contributed by atoms with van der Waals surface area (Å²) in [7, 11) is 0. The zero-order chi connectivity index (χ0) is 16.2. The topological polar surface area (TPSA) is 54.4 Å². The van der Waals surface area contributed by atoms with E-state index in [2.05, 4.69) is 30.1 Å². The summed E-state index contributed by atoms with van der Waals surface area (Å²) in [5.41, 5.74) is 0.170. The van der Waals surface area contributed by atoms with Gasteiger partial charge in [-0.3, -0.25) is 9.88 Å². The molecule has 0 bridgehead atoms. The fourth-order valence-corrected chi connectivity index (χ4v) is 4.51. The number of hydrogen-bond donors (Lipinski definition) is 0.